The molecular weight excluding hydrogens is 427 g/mol. The lowest BCUT2D eigenvalue weighted by atomic mass is 10.2. The van der Waals surface area contributed by atoms with E-state index < -0.39 is 17.8 Å². The average Bonchev–Trinajstić information content (AvgIpc) is 3.01. The maximum absolute atomic E-state index is 12.0. The number of carbonyl (C=O) groups excluding carboxylic acids is 3. The number of esters is 1. The van der Waals surface area contributed by atoms with Crippen LogP contribution in [0.5, 0.6) is 0 Å². The Bertz CT molecular complexity index is 830. The lowest BCUT2D eigenvalue weighted by Gasteiger charge is -2.08. The number of amides is 2. The first-order valence-corrected chi connectivity index (χ1v) is 8.90. The van der Waals surface area contributed by atoms with Gasteiger partial charge in [0.25, 0.3) is 5.91 Å². The van der Waals surface area contributed by atoms with Crippen molar-refractivity contribution in [3.05, 3.63) is 43.8 Å². The van der Waals surface area contributed by atoms with Crippen LogP contribution in [0, 0.1) is 0 Å². The van der Waals surface area contributed by atoms with Crippen LogP contribution < -0.4 is 10.6 Å². The van der Waals surface area contributed by atoms with E-state index >= 15 is 0 Å². The smallest absolute Gasteiger partial charge is 0.325 e. The third kappa shape index (κ3) is 6.10. The van der Waals surface area contributed by atoms with Crippen molar-refractivity contribution in [1.29, 1.82) is 0 Å². The number of rotatable bonds is 7. The molecule has 8 nitrogen and oxygen atoms in total. The van der Waals surface area contributed by atoms with Crippen LogP contribution in [-0.2, 0) is 20.9 Å². The lowest BCUT2D eigenvalue weighted by molar-refractivity contribution is -0.145. The number of carbonyl (C=O) groups is 3. The van der Waals surface area contributed by atoms with Crippen molar-refractivity contribution in [2.75, 3.05) is 13.1 Å². The quantitative estimate of drug-likeness (QED) is 0.642. The molecule has 0 saturated heterocycles. The highest BCUT2D eigenvalue weighted by atomic mass is 35.5. The number of ether oxygens (including phenoxy) is 1. The second-order valence-corrected chi connectivity index (χ2v) is 6.94. The highest BCUT2D eigenvalue weighted by Crippen LogP contribution is 2.20. The predicted molar refractivity (Wildman–Crippen MR) is 96.5 cm³/mol. The highest BCUT2D eigenvalue weighted by Gasteiger charge is 2.13. The minimum absolute atomic E-state index is 0.143. The van der Waals surface area contributed by atoms with Gasteiger partial charge < -0.3 is 15.4 Å². The Labute approximate surface area is 166 Å². The normalized spacial score (nSPS) is 10.3. The van der Waals surface area contributed by atoms with Crippen LogP contribution in [0.3, 0.4) is 0 Å². The Kier molecular flexibility index (Phi) is 7.58. The first-order chi connectivity index (χ1) is 12.4. The maximum atomic E-state index is 12.0. The SMILES string of the molecule is O=C(CNC(=O)c1ccc(Cl)cc1Cl)NCC(=O)OCc1nnsc1Cl. The Morgan fingerprint density at radius 1 is 1.12 bits per heavy atom. The van der Waals surface area contributed by atoms with E-state index in [-0.39, 0.29) is 30.3 Å². The van der Waals surface area contributed by atoms with Crippen molar-refractivity contribution < 1.29 is 19.1 Å². The molecule has 0 spiro atoms. The zero-order valence-electron chi connectivity index (χ0n) is 12.9. The van der Waals surface area contributed by atoms with E-state index in [2.05, 4.69) is 20.2 Å². The van der Waals surface area contributed by atoms with E-state index in [1.54, 1.807) is 0 Å². The van der Waals surface area contributed by atoms with Crippen molar-refractivity contribution in [3.63, 3.8) is 0 Å². The van der Waals surface area contributed by atoms with E-state index in [0.717, 1.165) is 11.5 Å². The molecule has 138 valence electrons. The van der Waals surface area contributed by atoms with Crippen LogP contribution in [0.15, 0.2) is 18.2 Å². The number of halogens is 3. The van der Waals surface area contributed by atoms with Gasteiger partial charge in [0.05, 0.1) is 17.1 Å². The summed E-state index contributed by atoms with van der Waals surface area (Å²) in [6, 6.07) is 4.36. The molecule has 0 radical (unpaired) electrons. The molecule has 0 fully saturated rings. The Hall–Kier alpha value is -1.94. The third-order valence-electron chi connectivity index (χ3n) is 2.89. The fourth-order valence-electron chi connectivity index (χ4n) is 1.65. The van der Waals surface area contributed by atoms with Crippen molar-refractivity contribution in [1.82, 2.24) is 20.2 Å². The van der Waals surface area contributed by atoms with Crippen LogP contribution >= 0.6 is 46.3 Å². The second kappa shape index (κ2) is 9.67. The first kappa shape index (κ1) is 20.4. The van der Waals surface area contributed by atoms with Crippen LogP contribution in [0.1, 0.15) is 16.1 Å². The average molecular weight is 438 g/mol. The van der Waals surface area contributed by atoms with Crippen molar-refractivity contribution in [3.8, 4) is 0 Å². The van der Waals surface area contributed by atoms with Gasteiger partial charge in [0, 0.05) is 16.6 Å². The van der Waals surface area contributed by atoms with Gasteiger partial charge in [-0.15, -0.1) is 5.10 Å². The number of hydrogen-bond donors (Lipinski definition) is 2. The fraction of sp³-hybridized carbons (Fsp3) is 0.214. The van der Waals surface area contributed by atoms with Gasteiger partial charge in [-0.2, -0.15) is 0 Å². The topological polar surface area (TPSA) is 110 Å². The Morgan fingerprint density at radius 3 is 2.54 bits per heavy atom. The van der Waals surface area contributed by atoms with Crippen LogP contribution in [0.2, 0.25) is 14.4 Å². The van der Waals surface area contributed by atoms with Crippen molar-refractivity contribution in [2.24, 2.45) is 0 Å². The van der Waals surface area contributed by atoms with Gasteiger partial charge in [-0.05, 0) is 18.2 Å². The molecule has 0 saturated carbocycles. The van der Waals surface area contributed by atoms with Gasteiger partial charge in [0.15, 0.2) is 0 Å². The van der Waals surface area contributed by atoms with Gasteiger partial charge in [-0.1, -0.05) is 39.3 Å². The largest absolute Gasteiger partial charge is 0.458 e. The summed E-state index contributed by atoms with van der Waals surface area (Å²) in [5.74, 6) is -1.81. The van der Waals surface area contributed by atoms with Gasteiger partial charge in [-0.25, -0.2) is 0 Å². The monoisotopic (exact) mass is 436 g/mol. The van der Waals surface area contributed by atoms with Crippen molar-refractivity contribution >= 4 is 64.1 Å². The molecule has 0 unspecified atom stereocenters. The summed E-state index contributed by atoms with van der Waals surface area (Å²) in [5.41, 5.74) is 0.514. The Balaban J connectivity index is 1.70. The molecule has 2 N–H and O–H groups in total. The van der Waals surface area contributed by atoms with E-state index in [0.29, 0.717) is 15.1 Å². The van der Waals surface area contributed by atoms with Gasteiger partial charge in [0.2, 0.25) is 5.91 Å². The zero-order valence-corrected chi connectivity index (χ0v) is 16.0. The fourth-order valence-corrected chi connectivity index (χ4v) is 2.74. The molecule has 1 heterocycles. The summed E-state index contributed by atoms with van der Waals surface area (Å²) in [6.45, 7) is -0.853. The summed E-state index contributed by atoms with van der Waals surface area (Å²) in [5, 5.41) is 8.92. The molecule has 0 aliphatic heterocycles. The van der Waals surface area contributed by atoms with Crippen molar-refractivity contribution in [2.45, 2.75) is 6.61 Å². The van der Waals surface area contributed by atoms with Crippen LogP contribution in [0.25, 0.3) is 0 Å². The highest BCUT2D eigenvalue weighted by molar-refractivity contribution is 7.10. The number of benzene rings is 1. The van der Waals surface area contributed by atoms with Gasteiger partial charge in [-0.3, -0.25) is 14.4 Å². The van der Waals surface area contributed by atoms with E-state index in [4.69, 9.17) is 39.5 Å². The molecule has 1 aromatic heterocycles. The minimum Gasteiger partial charge on any atom is -0.458 e. The molecule has 2 rings (SSSR count). The molecular formula is C14H11Cl3N4O4S. The summed E-state index contributed by atoms with van der Waals surface area (Å²) < 4.78 is 8.81. The summed E-state index contributed by atoms with van der Waals surface area (Å²) in [4.78, 5) is 35.2. The number of hydrogen-bond acceptors (Lipinski definition) is 7. The molecule has 12 heteroatoms. The summed E-state index contributed by atoms with van der Waals surface area (Å²) in [7, 11) is 0. The lowest BCUT2D eigenvalue weighted by Crippen LogP contribution is -2.39. The van der Waals surface area contributed by atoms with E-state index in [1.165, 1.54) is 18.2 Å². The zero-order chi connectivity index (χ0) is 19.1. The van der Waals surface area contributed by atoms with Gasteiger partial charge >= 0.3 is 5.97 Å². The molecule has 0 atom stereocenters. The number of nitrogens with one attached hydrogen (secondary N) is 2. The maximum Gasteiger partial charge on any atom is 0.325 e. The standard InChI is InChI=1S/C14H11Cl3N4O4S/c15-7-1-2-8(9(16)3-7)14(24)19-4-11(22)18-5-12(23)25-6-10-13(17)26-21-20-10/h1-3H,4-6H2,(H,18,22)(H,19,24). The summed E-state index contributed by atoms with van der Waals surface area (Å²) >= 11 is 18.4. The molecule has 0 aliphatic carbocycles. The number of aromatic nitrogens is 2. The molecule has 0 aliphatic rings. The molecule has 26 heavy (non-hydrogen) atoms. The molecule has 2 amide bonds. The third-order valence-corrected chi connectivity index (χ3v) is 4.43. The van der Waals surface area contributed by atoms with Crippen LogP contribution in [-0.4, -0.2) is 40.5 Å². The van der Waals surface area contributed by atoms with Crippen LogP contribution in [0.4, 0.5) is 0 Å². The van der Waals surface area contributed by atoms with E-state index in [1.807, 2.05) is 0 Å². The Morgan fingerprint density at radius 2 is 1.88 bits per heavy atom. The molecule has 2 aromatic rings. The first-order valence-electron chi connectivity index (χ1n) is 6.99. The summed E-state index contributed by atoms with van der Waals surface area (Å²) in [6.07, 6.45) is 0. The second-order valence-electron chi connectivity index (χ2n) is 4.74. The minimum atomic E-state index is -0.686. The molecule has 0 bridgehead atoms. The predicted octanol–water partition coefficient (Wildman–Crippen LogP) is 2.09. The number of nitrogens with zero attached hydrogens (tertiary/aromatic N) is 2. The molecule has 1 aromatic carbocycles. The van der Waals surface area contributed by atoms with E-state index in [9.17, 15) is 14.4 Å². The van der Waals surface area contributed by atoms with Gasteiger partial charge in [0.1, 0.15) is 23.2 Å².